The molecule has 0 radical (unpaired) electrons. The third-order valence-corrected chi connectivity index (χ3v) is 8.80. The molecule has 3 aliphatic heterocycles. The summed E-state index contributed by atoms with van der Waals surface area (Å²) in [7, 11) is 1.83. The molecule has 3 saturated heterocycles. The maximum Gasteiger partial charge on any atom is 0.123 e. The summed E-state index contributed by atoms with van der Waals surface area (Å²) in [6, 6.07) is 28.0. The molecule has 0 saturated carbocycles. The summed E-state index contributed by atoms with van der Waals surface area (Å²) >= 11 is 0. The van der Waals surface area contributed by atoms with Crippen LogP contribution in [0.15, 0.2) is 72.8 Å². The van der Waals surface area contributed by atoms with Crippen LogP contribution in [0.5, 0.6) is 5.75 Å². The molecule has 1 aliphatic carbocycles. The van der Waals surface area contributed by atoms with Gasteiger partial charge in [-0.3, -0.25) is 4.90 Å². The molecule has 0 aromatic heterocycles. The van der Waals surface area contributed by atoms with Crippen molar-refractivity contribution in [3.8, 4) is 5.75 Å². The van der Waals surface area contributed by atoms with Crippen LogP contribution in [0, 0.1) is 5.92 Å². The van der Waals surface area contributed by atoms with Gasteiger partial charge < -0.3 is 10.1 Å². The highest BCUT2D eigenvalue weighted by molar-refractivity contribution is 5.85. The van der Waals surface area contributed by atoms with Crippen molar-refractivity contribution in [3.63, 3.8) is 0 Å². The Labute approximate surface area is 234 Å². The first-order valence-electron chi connectivity index (χ1n) is 13.6. The number of hydrogen-bond acceptors (Lipinski definition) is 3. The summed E-state index contributed by atoms with van der Waals surface area (Å²) < 4.78 is 5.88. The predicted octanol–water partition coefficient (Wildman–Crippen LogP) is 6.80. The lowest BCUT2D eigenvalue weighted by Gasteiger charge is -2.54. The number of hydrogen-bond donors (Lipinski definition) is 1. The Morgan fingerprint density at radius 3 is 1.97 bits per heavy atom. The molecule has 3 heterocycles. The van der Waals surface area contributed by atoms with E-state index in [1.807, 2.05) is 7.11 Å². The molecule has 1 N–H and O–H groups in total. The van der Waals surface area contributed by atoms with Gasteiger partial charge in [0.1, 0.15) is 5.75 Å². The Morgan fingerprint density at radius 1 is 0.838 bits per heavy atom. The van der Waals surface area contributed by atoms with Crippen molar-refractivity contribution in [2.24, 2.45) is 5.92 Å². The second-order valence-corrected chi connectivity index (χ2v) is 10.7. The van der Waals surface area contributed by atoms with E-state index in [1.165, 1.54) is 79.4 Å². The Kier molecular flexibility index (Phi) is 9.58. The van der Waals surface area contributed by atoms with E-state index in [0.29, 0.717) is 18.0 Å². The van der Waals surface area contributed by atoms with Gasteiger partial charge in [0, 0.05) is 30.1 Å². The van der Waals surface area contributed by atoms with Crippen LogP contribution in [0.4, 0.5) is 0 Å². The van der Waals surface area contributed by atoms with Crippen molar-refractivity contribution in [2.45, 2.75) is 63.1 Å². The molecule has 3 nitrogen and oxygen atoms in total. The van der Waals surface area contributed by atoms with Crippen LogP contribution in [0.2, 0.25) is 0 Å². The van der Waals surface area contributed by atoms with Crippen molar-refractivity contribution in [3.05, 3.63) is 101 Å². The molecule has 3 aromatic carbocycles. The maximum atomic E-state index is 5.88. The average Bonchev–Trinajstić information content (AvgIpc) is 2.93. The minimum atomic E-state index is 0. The molecule has 2 bridgehead atoms. The van der Waals surface area contributed by atoms with Gasteiger partial charge in [-0.1, -0.05) is 66.7 Å². The highest BCUT2D eigenvalue weighted by Crippen LogP contribution is 2.42. The van der Waals surface area contributed by atoms with E-state index >= 15 is 0 Å². The summed E-state index contributed by atoms with van der Waals surface area (Å²) in [5.74, 6) is 2.14. The Balaban J connectivity index is 0.00000160. The summed E-state index contributed by atoms with van der Waals surface area (Å²) in [6.07, 6.45) is 7.60. The van der Waals surface area contributed by atoms with Gasteiger partial charge in [0.25, 0.3) is 0 Å². The van der Waals surface area contributed by atoms with E-state index in [9.17, 15) is 0 Å². The molecular weight excluding hydrogens is 499 g/mol. The topological polar surface area (TPSA) is 24.5 Å². The van der Waals surface area contributed by atoms with Gasteiger partial charge in [-0.25, -0.2) is 0 Å². The molecule has 0 unspecified atom stereocenters. The van der Waals surface area contributed by atoms with Crippen LogP contribution in [-0.4, -0.2) is 37.2 Å². The number of nitrogens with zero attached hydrogens (tertiary/aromatic N) is 1. The third-order valence-electron chi connectivity index (χ3n) is 8.80. The molecule has 4 aliphatic rings. The summed E-state index contributed by atoms with van der Waals surface area (Å²) in [5.41, 5.74) is 7.19. The van der Waals surface area contributed by atoms with Gasteiger partial charge in [-0.05, 0) is 85.9 Å². The van der Waals surface area contributed by atoms with E-state index in [-0.39, 0.29) is 24.8 Å². The first-order chi connectivity index (χ1) is 17.3. The van der Waals surface area contributed by atoms with Gasteiger partial charge in [0.05, 0.1) is 7.11 Å². The fourth-order valence-corrected chi connectivity index (χ4v) is 7.07. The summed E-state index contributed by atoms with van der Waals surface area (Å²) in [5, 5.41) is 4.10. The zero-order valence-corrected chi connectivity index (χ0v) is 23.4. The SMILES string of the molecule is COc1cc2c(cc1CN[C@H]1C3CCN(CC3)[C@H]1C(c1ccccc1)c1ccccc1)CCCC2.Cl.Cl. The zero-order chi connectivity index (χ0) is 23.6. The van der Waals surface area contributed by atoms with Crippen molar-refractivity contribution in [1.29, 1.82) is 0 Å². The van der Waals surface area contributed by atoms with E-state index < -0.39 is 0 Å². The molecule has 0 spiro atoms. The van der Waals surface area contributed by atoms with Gasteiger partial charge in [0.15, 0.2) is 0 Å². The fourth-order valence-electron chi connectivity index (χ4n) is 7.07. The number of methoxy groups -OCH3 is 1. The van der Waals surface area contributed by atoms with E-state index in [0.717, 1.165) is 18.2 Å². The smallest absolute Gasteiger partial charge is 0.123 e. The van der Waals surface area contributed by atoms with Crippen molar-refractivity contribution >= 4 is 24.8 Å². The molecule has 2 atom stereocenters. The Hall–Kier alpha value is -2.04. The lowest BCUT2D eigenvalue weighted by Crippen LogP contribution is -2.64. The van der Waals surface area contributed by atoms with E-state index in [2.05, 4.69) is 83.0 Å². The summed E-state index contributed by atoms with van der Waals surface area (Å²) in [4.78, 5) is 2.77. The van der Waals surface area contributed by atoms with Gasteiger partial charge in [-0.2, -0.15) is 0 Å². The predicted molar refractivity (Wildman–Crippen MR) is 158 cm³/mol. The van der Waals surface area contributed by atoms with Crippen molar-refractivity contribution in [1.82, 2.24) is 10.2 Å². The first kappa shape index (κ1) is 28.0. The van der Waals surface area contributed by atoms with Crippen LogP contribution in [-0.2, 0) is 19.4 Å². The minimum absolute atomic E-state index is 0. The van der Waals surface area contributed by atoms with Crippen molar-refractivity contribution in [2.75, 3.05) is 20.2 Å². The van der Waals surface area contributed by atoms with Gasteiger partial charge in [-0.15, -0.1) is 24.8 Å². The highest BCUT2D eigenvalue weighted by Gasteiger charge is 2.46. The number of ether oxygens (including phenoxy) is 1. The van der Waals surface area contributed by atoms with Crippen LogP contribution >= 0.6 is 24.8 Å². The molecule has 0 amide bonds. The largest absolute Gasteiger partial charge is 0.496 e. The maximum absolute atomic E-state index is 5.88. The number of benzene rings is 3. The molecule has 37 heavy (non-hydrogen) atoms. The van der Waals surface area contributed by atoms with E-state index in [1.54, 1.807) is 0 Å². The number of fused-ring (bicyclic) bond motifs is 4. The monoisotopic (exact) mass is 538 g/mol. The number of rotatable bonds is 7. The number of piperidine rings is 3. The number of aryl methyl sites for hydroxylation is 2. The first-order valence-corrected chi connectivity index (χ1v) is 13.6. The lowest BCUT2D eigenvalue weighted by molar-refractivity contribution is 0.00462. The second kappa shape index (κ2) is 12.7. The van der Waals surface area contributed by atoms with Gasteiger partial charge >= 0.3 is 0 Å². The quantitative estimate of drug-likeness (QED) is 0.357. The van der Waals surface area contributed by atoms with Crippen LogP contribution in [0.1, 0.15) is 59.4 Å². The van der Waals surface area contributed by atoms with Crippen LogP contribution in [0.25, 0.3) is 0 Å². The van der Waals surface area contributed by atoms with Crippen molar-refractivity contribution < 1.29 is 4.74 Å². The standard InChI is InChI=1S/C32H38N2O.2ClH/c1-35-29-21-27-15-9-8-14-26(27)20-28(29)22-33-31-25-16-18-34(19-17-25)32(31)30(23-10-4-2-5-11-23)24-12-6-3-7-13-24;;/h2-7,10-13,20-21,25,30-33H,8-9,14-19,22H2,1H3;2*1H/t31-,32-;;/m0../s1. The fraction of sp³-hybridized carbons (Fsp3) is 0.438. The Morgan fingerprint density at radius 2 is 1.41 bits per heavy atom. The van der Waals surface area contributed by atoms with Gasteiger partial charge in [0.2, 0.25) is 0 Å². The molecule has 3 fully saturated rings. The molecule has 198 valence electrons. The van der Waals surface area contributed by atoms with Crippen LogP contribution in [0.3, 0.4) is 0 Å². The molecule has 7 rings (SSSR count). The highest BCUT2D eigenvalue weighted by atomic mass is 35.5. The Bertz CT molecular complexity index is 1090. The second-order valence-electron chi connectivity index (χ2n) is 10.7. The number of halogens is 2. The van der Waals surface area contributed by atoms with E-state index in [4.69, 9.17) is 4.74 Å². The molecule has 5 heteroatoms. The lowest BCUT2D eigenvalue weighted by atomic mass is 9.70. The minimum Gasteiger partial charge on any atom is -0.496 e. The number of nitrogens with one attached hydrogen (secondary N) is 1. The van der Waals surface area contributed by atoms with Crippen LogP contribution < -0.4 is 10.1 Å². The molecular formula is C32H40Cl2N2O. The summed E-state index contributed by atoms with van der Waals surface area (Å²) in [6.45, 7) is 3.30. The average molecular weight is 540 g/mol. The normalized spacial score (nSPS) is 24.1. The third kappa shape index (κ3) is 5.71. The molecule has 3 aromatic rings. The zero-order valence-electron chi connectivity index (χ0n) is 21.8.